The number of amides is 2. The van der Waals surface area contributed by atoms with E-state index in [1.165, 1.54) is 0 Å². The molecule has 6 nitrogen and oxygen atoms in total. The predicted molar refractivity (Wildman–Crippen MR) is 149 cm³/mol. The normalized spacial score (nSPS) is 28.4. The van der Waals surface area contributed by atoms with Crippen LogP contribution in [-0.4, -0.2) is 33.3 Å². The second kappa shape index (κ2) is 8.68. The quantitative estimate of drug-likeness (QED) is 0.380. The standard InChI is InChI=1S/C32H29ClN2O4/c33-25-3-1-2-23(11-25)28(36)34-26-8-6-21(7-9-26)22-4-5-24-17-35(29(37)27(24)12-22)32-15-19-10-20(16-32)14-31(13-19,18-32)30(38)39/h1-9,11-12,19-20H,10,13-18H2,(H,34,36)(H,38,39). The first kappa shape index (κ1) is 24.4. The summed E-state index contributed by atoms with van der Waals surface area (Å²) in [5, 5.41) is 13.5. The molecule has 0 spiro atoms. The minimum absolute atomic E-state index is 0.0275. The molecule has 198 valence electrons. The zero-order chi connectivity index (χ0) is 26.9. The van der Waals surface area contributed by atoms with Crippen LogP contribution in [0.25, 0.3) is 11.1 Å². The van der Waals surface area contributed by atoms with Gasteiger partial charge in [0.2, 0.25) is 0 Å². The van der Waals surface area contributed by atoms with Crippen LogP contribution in [0.15, 0.2) is 66.7 Å². The number of nitrogens with one attached hydrogen (secondary N) is 1. The molecule has 4 saturated carbocycles. The Balaban J connectivity index is 1.11. The van der Waals surface area contributed by atoms with E-state index in [1.807, 2.05) is 47.4 Å². The maximum atomic E-state index is 13.8. The van der Waals surface area contributed by atoms with Crippen molar-refractivity contribution in [3.8, 4) is 11.1 Å². The zero-order valence-corrected chi connectivity index (χ0v) is 22.2. The maximum absolute atomic E-state index is 13.8. The van der Waals surface area contributed by atoms with Crippen LogP contribution in [0.3, 0.4) is 0 Å². The van der Waals surface area contributed by atoms with Gasteiger partial charge in [0.1, 0.15) is 0 Å². The Morgan fingerprint density at radius 1 is 0.923 bits per heavy atom. The van der Waals surface area contributed by atoms with E-state index in [1.54, 1.807) is 24.3 Å². The third-order valence-corrected chi connectivity index (χ3v) is 9.77. The van der Waals surface area contributed by atoms with Crippen molar-refractivity contribution in [3.05, 3.63) is 88.4 Å². The molecular formula is C32H29ClN2O4. The first-order valence-electron chi connectivity index (χ1n) is 13.6. The molecule has 7 heteroatoms. The number of carboxylic acids is 1. The molecule has 4 bridgehead atoms. The van der Waals surface area contributed by atoms with E-state index >= 15 is 0 Å². The van der Waals surface area contributed by atoms with Crippen molar-refractivity contribution < 1.29 is 19.5 Å². The number of carboxylic acid groups (broad SMARTS) is 1. The number of hydrogen-bond acceptors (Lipinski definition) is 3. The van der Waals surface area contributed by atoms with Crippen LogP contribution in [0.2, 0.25) is 5.02 Å². The average Bonchev–Trinajstić information content (AvgIpc) is 3.25. The number of rotatable bonds is 5. The van der Waals surface area contributed by atoms with Crippen LogP contribution in [0, 0.1) is 17.3 Å². The van der Waals surface area contributed by atoms with Gasteiger partial charge in [0.25, 0.3) is 11.8 Å². The summed E-state index contributed by atoms with van der Waals surface area (Å²) < 4.78 is 0. The second-order valence-electron chi connectivity index (χ2n) is 12.1. The Kier molecular flexibility index (Phi) is 5.43. The van der Waals surface area contributed by atoms with Crippen LogP contribution in [0.1, 0.15) is 64.8 Å². The largest absolute Gasteiger partial charge is 0.481 e. The number of aliphatic carboxylic acids is 1. The molecule has 8 rings (SSSR count). The number of anilines is 1. The summed E-state index contributed by atoms with van der Waals surface area (Å²) in [6.45, 7) is 0.554. The van der Waals surface area contributed by atoms with Crippen LogP contribution in [0.4, 0.5) is 5.69 Å². The third-order valence-electron chi connectivity index (χ3n) is 9.53. The van der Waals surface area contributed by atoms with Gasteiger partial charge in [0.05, 0.1) is 5.41 Å². The highest BCUT2D eigenvalue weighted by Gasteiger charge is 2.63. The molecule has 3 aromatic carbocycles. The Labute approximate surface area is 232 Å². The monoisotopic (exact) mass is 540 g/mol. The number of benzene rings is 3. The maximum Gasteiger partial charge on any atom is 0.309 e. The van der Waals surface area contributed by atoms with Gasteiger partial charge in [-0.1, -0.05) is 41.9 Å². The highest BCUT2D eigenvalue weighted by molar-refractivity contribution is 6.31. The molecule has 2 amide bonds. The summed E-state index contributed by atoms with van der Waals surface area (Å²) in [6, 6.07) is 20.4. The molecule has 4 aliphatic carbocycles. The minimum Gasteiger partial charge on any atom is -0.481 e. The number of carbonyl (C=O) groups is 3. The van der Waals surface area contributed by atoms with Gasteiger partial charge in [0, 0.05) is 33.9 Å². The molecule has 2 N–H and O–H groups in total. The molecular weight excluding hydrogens is 512 g/mol. The zero-order valence-electron chi connectivity index (χ0n) is 21.5. The predicted octanol–water partition coefficient (Wildman–Crippen LogP) is 6.64. The lowest BCUT2D eigenvalue weighted by Gasteiger charge is -2.62. The summed E-state index contributed by atoms with van der Waals surface area (Å²) in [5.41, 5.74) is 3.74. The highest BCUT2D eigenvalue weighted by Crippen LogP contribution is 2.64. The van der Waals surface area contributed by atoms with Gasteiger partial charge in [-0.25, -0.2) is 0 Å². The fourth-order valence-electron chi connectivity index (χ4n) is 8.22. The molecule has 0 aromatic heterocycles. The first-order chi connectivity index (χ1) is 18.7. The molecule has 2 atom stereocenters. The van der Waals surface area contributed by atoms with E-state index in [0.717, 1.165) is 48.8 Å². The summed E-state index contributed by atoms with van der Waals surface area (Å²) in [7, 11) is 0. The topological polar surface area (TPSA) is 86.7 Å². The van der Waals surface area contributed by atoms with Crippen molar-refractivity contribution in [2.45, 2.75) is 50.6 Å². The van der Waals surface area contributed by atoms with E-state index in [-0.39, 0.29) is 17.4 Å². The molecule has 5 aliphatic rings. The van der Waals surface area contributed by atoms with Crippen molar-refractivity contribution in [2.24, 2.45) is 17.3 Å². The summed E-state index contributed by atoms with van der Waals surface area (Å²) in [4.78, 5) is 40.8. The van der Waals surface area contributed by atoms with Crippen molar-refractivity contribution >= 4 is 35.1 Å². The molecule has 3 aromatic rings. The molecule has 2 unspecified atom stereocenters. The smallest absolute Gasteiger partial charge is 0.309 e. The Morgan fingerprint density at radius 2 is 1.64 bits per heavy atom. The molecule has 1 heterocycles. The molecule has 39 heavy (non-hydrogen) atoms. The first-order valence-corrected chi connectivity index (χ1v) is 14.0. The Bertz CT molecular complexity index is 1520. The lowest BCUT2D eigenvalue weighted by Crippen LogP contribution is -2.64. The van der Waals surface area contributed by atoms with Gasteiger partial charge in [-0.05, 0) is 103 Å². The van der Waals surface area contributed by atoms with Gasteiger partial charge >= 0.3 is 5.97 Å². The second-order valence-corrected chi connectivity index (χ2v) is 12.5. The molecule has 4 fully saturated rings. The van der Waals surface area contributed by atoms with Gasteiger partial charge in [-0.2, -0.15) is 0 Å². The minimum atomic E-state index is -0.681. The van der Waals surface area contributed by atoms with Gasteiger partial charge < -0.3 is 15.3 Å². The Hall–Kier alpha value is -3.64. The van der Waals surface area contributed by atoms with E-state index in [9.17, 15) is 19.5 Å². The van der Waals surface area contributed by atoms with Gasteiger partial charge in [-0.3, -0.25) is 14.4 Å². The number of fused-ring (bicyclic) bond motifs is 1. The molecule has 1 aliphatic heterocycles. The molecule has 0 radical (unpaired) electrons. The third kappa shape index (κ3) is 3.96. The number of hydrogen-bond donors (Lipinski definition) is 2. The summed E-state index contributed by atoms with van der Waals surface area (Å²) >= 11 is 6.01. The van der Waals surface area contributed by atoms with Crippen molar-refractivity contribution in [1.82, 2.24) is 4.90 Å². The van der Waals surface area contributed by atoms with E-state index in [4.69, 9.17) is 11.6 Å². The number of nitrogens with zero attached hydrogens (tertiary/aromatic N) is 1. The van der Waals surface area contributed by atoms with E-state index < -0.39 is 11.4 Å². The fourth-order valence-corrected chi connectivity index (χ4v) is 8.41. The SMILES string of the molecule is O=C(Nc1ccc(-c2ccc3c(c2)C(=O)N(C24CC5CC(CC(C(=O)O)(C5)C2)C4)C3)cc1)c1cccc(Cl)c1. The van der Waals surface area contributed by atoms with Gasteiger partial charge in [0.15, 0.2) is 0 Å². The van der Waals surface area contributed by atoms with Crippen molar-refractivity contribution in [2.75, 3.05) is 5.32 Å². The summed E-state index contributed by atoms with van der Waals surface area (Å²) in [6.07, 6.45) is 5.05. The number of carbonyl (C=O) groups excluding carboxylic acids is 2. The summed E-state index contributed by atoms with van der Waals surface area (Å²) in [5.74, 6) is -0.0956. The average molecular weight is 541 g/mol. The Morgan fingerprint density at radius 3 is 2.33 bits per heavy atom. The van der Waals surface area contributed by atoms with Gasteiger partial charge in [-0.15, -0.1) is 0 Å². The van der Waals surface area contributed by atoms with Crippen LogP contribution in [-0.2, 0) is 11.3 Å². The van der Waals surface area contributed by atoms with Crippen molar-refractivity contribution in [3.63, 3.8) is 0 Å². The lowest BCUT2D eigenvalue weighted by atomic mass is 9.46. The molecule has 0 saturated heterocycles. The fraction of sp³-hybridized carbons (Fsp3) is 0.344. The van der Waals surface area contributed by atoms with Crippen LogP contribution in [0.5, 0.6) is 0 Å². The highest BCUT2D eigenvalue weighted by atomic mass is 35.5. The van der Waals surface area contributed by atoms with Crippen LogP contribution < -0.4 is 5.32 Å². The van der Waals surface area contributed by atoms with Crippen molar-refractivity contribution in [1.29, 1.82) is 0 Å². The lowest BCUT2D eigenvalue weighted by molar-refractivity contribution is -0.175. The number of halogens is 1. The van der Waals surface area contributed by atoms with E-state index in [2.05, 4.69) is 5.32 Å². The van der Waals surface area contributed by atoms with E-state index in [0.29, 0.717) is 46.6 Å². The van der Waals surface area contributed by atoms with Crippen LogP contribution >= 0.6 is 11.6 Å².